The molecule has 0 heterocycles. The third-order valence-corrected chi connectivity index (χ3v) is 5.75. The smallest absolute Gasteiger partial charge is 0.241 e. The number of nitrogens with two attached hydrogens (primary N) is 1. The van der Waals surface area contributed by atoms with Gasteiger partial charge in [0, 0.05) is 6.08 Å². The standard InChI is InChI=1S/C26H33NO2/c1-18(10-9-11-19(2)16-25(27)29)14-15-22-20(3)24(28)17-23(26(22,4)5)21-12-7-6-8-13-21/h6-16,23-24,28H,17H2,1-5H3,(H2,27,29)/b11-9+,15-14+,18-10+,19-16+. The van der Waals surface area contributed by atoms with Crippen molar-refractivity contribution >= 4 is 5.91 Å². The maximum atomic E-state index is 10.9. The van der Waals surface area contributed by atoms with Crippen LogP contribution >= 0.6 is 0 Å². The quantitative estimate of drug-likeness (QED) is 0.506. The van der Waals surface area contributed by atoms with Crippen LogP contribution in [0.15, 0.2) is 89.1 Å². The van der Waals surface area contributed by atoms with Gasteiger partial charge in [-0.3, -0.25) is 4.79 Å². The molecule has 3 N–H and O–H groups in total. The topological polar surface area (TPSA) is 63.3 Å². The van der Waals surface area contributed by atoms with Gasteiger partial charge in [-0.05, 0) is 60.8 Å². The number of primary amides is 1. The fraction of sp³-hybridized carbons (Fsp3) is 0.346. The first-order chi connectivity index (χ1) is 13.6. The van der Waals surface area contributed by atoms with Crippen molar-refractivity contribution in [1.82, 2.24) is 0 Å². The van der Waals surface area contributed by atoms with E-state index in [0.717, 1.165) is 23.1 Å². The van der Waals surface area contributed by atoms with Gasteiger partial charge in [-0.15, -0.1) is 0 Å². The highest BCUT2D eigenvalue weighted by Gasteiger charge is 2.40. The van der Waals surface area contributed by atoms with Gasteiger partial charge in [-0.25, -0.2) is 0 Å². The molecule has 0 fully saturated rings. The Morgan fingerprint density at radius 1 is 1.14 bits per heavy atom. The molecule has 0 saturated heterocycles. The van der Waals surface area contributed by atoms with Crippen LogP contribution in [0.3, 0.4) is 0 Å². The molecule has 1 aromatic carbocycles. The summed E-state index contributed by atoms with van der Waals surface area (Å²) in [5.74, 6) is -0.186. The van der Waals surface area contributed by atoms with Gasteiger partial charge in [-0.2, -0.15) is 0 Å². The van der Waals surface area contributed by atoms with Gasteiger partial charge in [0.05, 0.1) is 6.10 Å². The second kappa shape index (κ2) is 9.71. The summed E-state index contributed by atoms with van der Waals surface area (Å²) in [6.45, 7) is 10.4. The molecule has 0 spiro atoms. The molecule has 0 aliphatic heterocycles. The summed E-state index contributed by atoms with van der Waals surface area (Å²) in [6, 6.07) is 10.5. The van der Waals surface area contributed by atoms with Crippen LogP contribution in [0.2, 0.25) is 0 Å². The number of hydrogen-bond donors (Lipinski definition) is 2. The summed E-state index contributed by atoms with van der Waals surface area (Å²) in [5.41, 5.74) is 10.5. The van der Waals surface area contributed by atoms with Crippen LogP contribution in [-0.2, 0) is 4.79 Å². The summed E-state index contributed by atoms with van der Waals surface area (Å²) in [5, 5.41) is 10.7. The number of aliphatic hydroxyl groups is 1. The lowest BCUT2D eigenvalue weighted by Gasteiger charge is -2.43. The summed E-state index contributed by atoms with van der Waals surface area (Å²) < 4.78 is 0. The van der Waals surface area contributed by atoms with Crippen molar-refractivity contribution in [3.05, 3.63) is 94.6 Å². The van der Waals surface area contributed by atoms with Crippen LogP contribution in [-0.4, -0.2) is 17.1 Å². The number of hydrogen-bond acceptors (Lipinski definition) is 2. The maximum absolute atomic E-state index is 10.9. The molecule has 1 aliphatic carbocycles. The summed E-state index contributed by atoms with van der Waals surface area (Å²) in [7, 11) is 0. The lowest BCUT2D eigenvalue weighted by atomic mass is 9.62. The van der Waals surface area contributed by atoms with Gasteiger partial charge >= 0.3 is 0 Å². The molecule has 2 unspecified atom stereocenters. The van der Waals surface area contributed by atoms with E-state index in [9.17, 15) is 9.90 Å². The van der Waals surface area contributed by atoms with Crippen molar-refractivity contribution in [2.45, 2.75) is 53.1 Å². The highest BCUT2D eigenvalue weighted by molar-refractivity contribution is 5.86. The fourth-order valence-corrected chi connectivity index (χ4v) is 4.05. The van der Waals surface area contributed by atoms with Crippen LogP contribution in [0.5, 0.6) is 0 Å². The lowest BCUT2D eigenvalue weighted by molar-refractivity contribution is -0.113. The molecular formula is C26H33NO2. The van der Waals surface area contributed by atoms with Gasteiger partial charge in [0.15, 0.2) is 0 Å². The Morgan fingerprint density at radius 2 is 1.79 bits per heavy atom. The van der Waals surface area contributed by atoms with Gasteiger partial charge in [-0.1, -0.05) is 80.1 Å². The zero-order chi connectivity index (χ0) is 21.6. The molecule has 0 aromatic heterocycles. The third kappa shape index (κ3) is 5.91. The van der Waals surface area contributed by atoms with Crippen LogP contribution in [0.1, 0.15) is 52.5 Å². The van der Waals surface area contributed by atoms with Crippen molar-refractivity contribution in [2.75, 3.05) is 0 Å². The monoisotopic (exact) mass is 391 g/mol. The second-order valence-corrected chi connectivity index (χ2v) is 8.43. The molecule has 1 amide bonds. The van der Waals surface area contributed by atoms with Gasteiger partial charge < -0.3 is 10.8 Å². The Morgan fingerprint density at radius 3 is 2.41 bits per heavy atom. The maximum Gasteiger partial charge on any atom is 0.241 e. The Kier molecular flexibility index (Phi) is 7.58. The predicted molar refractivity (Wildman–Crippen MR) is 121 cm³/mol. The van der Waals surface area contributed by atoms with E-state index in [1.807, 2.05) is 45.1 Å². The largest absolute Gasteiger partial charge is 0.389 e. The number of allylic oxidation sites excluding steroid dienone is 8. The van der Waals surface area contributed by atoms with Crippen LogP contribution in [0, 0.1) is 5.41 Å². The van der Waals surface area contributed by atoms with E-state index in [0.29, 0.717) is 0 Å². The van der Waals surface area contributed by atoms with Gasteiger partial charge in [0.1, 0.15) is 0 Å². The summed E-state index contributed by atoms with van der Waals surface area (Å²) in [4.78, 5) is 10.9. The second-order valence-electron chi connectivity index (χ2n) is 8.43. The third-order valence-electron chi connectivity index (χ3n) is 5.75. The van der Waals surface area contributed by atoms with Gasteiger partial charge in [0.2, 0.25) is 5.91 Å². The number of carbonyl (C=O) groups is 1. The number of aliphatic hydroxyl groups excluding tert-OH is 1. The first-order valence-corrected chi connectivity index (χ1v) is 10.1. The molecule has 1 aliphatic rings. The molecule has 1 aromatic rings. The number of carbonyl (C=O) groups excluding carboxylic acids is 1. The Bertz CT molecular complexity index is 883. The van der Waals surface area contributed by atoms with E-state index >= 15 is 0 Å². The number of benzene rings is 1. The Labute approximate surface area is 175 Å². The number of amides is 1. The van der Waals surface area contributed by atoms with E-state index < -0.39 is 12.0 Å². The molecule has 2 rings (SSSR count). The summed E-state index contributed by atoms with van der Waals surface area (Å²) in [6.07, 6.45) is 11.7. The minimum Gasteiger partial charge on any atom is -0.389 e. The minimum absolute atomic E-state index is 0.0852. The average Bonchev–Trinajstić information content (AvgIpc) is 2.64. The SMILES string of the molecule is CC1=C(/C=C/C(C)=C/C=C/C(C)=C/C(N)=O)C(C)(C)C(c2ccccc2)CC1O. The van der Waals surface area contributed by atoms with Crippen LogP contribution < -0.4 is 5.73 Å². The zero-order valence-electron chi connectivity index (χ0n) is 18.1. The fourth-order valence-electron chi connectivity index (χ4n) is 4.05. The molecule has 29 heavy (non-hydrogen) atoms. The molecule has 2 atom stereocenters. The van der Waals surface area contributed by atoms with Crippen LogP contribution in [0.4, 0.5) is 0 Å². The minimum atomic E-state index is -0.443. The molecule has 0 radical (unpaired) electrons. The van der Waals surface area contributed by atoms with Crippen molar-refractivity contribution < 1.29 is 9.90 Å². The van der Waals surface area contributed by atoms with Crippen molar-refractivity contribution in [3.63, 3.8) is 0 Å². The summed E-state index contributed by atoms with van der Waals surface area (Å²) >= 11 is 0. The van der Waals surface area contributed by atoms with E-state index in [2.05, 4.69) is 50.3 Å². The normalized spacial score (nSPS) is 23.2. The van der Waals surface area contributed by atoms with Gasteiger partial charge in [0.25, 0.3) is 0 Å². The van der Waals surface area contributed by atoms with Crippen molar-refractivity contribution in [3.8, 4) is 0 Å². The highest BCUT2D eigenvalue weighted by atomic mass is 16.3. The van der Waals surface area contributed by atoms with E-state index in [4.69, 9.17) is 5.73 Å². The Hall–Kier alpha value is -2.65. The first-order valence-electron chi connectivity index (χ1n) is 10.1. The van der Waals surface area contributed by atoms with Crippen LogP contribution in [0.25, 0.3) is 0 Å². The predicted octanol–water partition coefficient (Wildman–Crippen LogP) is 5.37. The zero-order valence-corrected chi connectivity index (χ0v) is 18.1. The van der Waals surface area contributed by atoms with Crippen molar-refractivity contribution in [1.29, 1.82) is 0 Å². The van der Waals surface area contributed by atoms with E-state index in [1.54, 1.807) is 0 Å². The lowest BCUT2D eigenvalue weighted by Crippen LogP contribution is -2.34. The van der Waals surface area contributed by atoms with Crippen molar-refractivity contribution in [2.24, 2.45) is 11.1 Å². The number of rotatable bonds is 6. The first kappa shape index (κ1) is 22.6. The molecule has 0 bridgehead atoms. The molecule has 0 saturated carbocycles. The Balaban J connectivity index is 2.27. The highest BCUT2D eigenvalue weighted by Crippen LogP contribution is 2.50. The van der Waals surface area contributed by atoms with E-state index in [-0.39, 0.29) is 11.3 Å². The average molecular weight is 392 g/mol. The molecule has 154 valence electrons. The molecular weight excluding hydrogens is 358 g/mol. The molecule has 3 nitrogen and oxygen atoms in total. The van der Waals surface area contributed by atoms with E-state index in [1.165, 1.54) is 17.2 Å². The molecule has 3 heteroatoms.